The average molecular weight is 202 g/mol. The Hall–Kier alpha value is -0.120. The number of ether oxygens (including phenoxy) is 1. The Morgan fingerprint density at radius 3 is 2.14 bits per heavy atom. The fraction of sp³-hybridized carbons (Fsp3) is 1.00. The maximum absolute atomic E-state index is 9.15. The van der Waals surface area contributed by atoms with Gasteiger partial charge in [0.15, 0.2) is 0 Å². The molecule has 0 aromatic heterocycles. The van der Waals surface area contributed by atoms with Crippen LogP contribution in [-0.2, 0) is 4.74 Å². The summed E-state index contributed by atoms with van der Waals surface area (Å²) in [5.41, 5.74) is -0.432. The molecule has 0 saturated carbocycles. The van der Waals surface area contributed by atoms with Crippen LogP contribution in [0, 0.1) is 11.3 Å². The number of rotatable bonds is 2. The molecule has 1 atom stereocenters. The van der Waals surface area contributed by atoms with Gasteiger partial charge in [0, 0.05) is 0 Å². The maximum atomic E-state index is 9.15. The first-order chi connectivity index (χ1) is 6.43. The van der Waals surface area contributed by atoms with Gasteiger partial charge in [-0.1, -0.05) is 20.8 Å². The van der Waals surface area contributed by atoms with Crippen LogP contribution in [0.2, 0.25) is 0 Å². The Morgan fingerprint density at radius 1 is 1.29 bits per heavy atom. The van der Waals surface area contributed by atoms with Crippen molar-refractivity contribution in [3.8, 4) is 0 Å². The number of aliphatic hydroxyl groups excluding tert-OH is 2. The van der Waals surface area contributed by atoms with Gasteiger partial charge in [0.25, 0.3) is 0 Å². The maximum Gasteiger partial charge on any atom is 0.114 e. The SMILES string of the molecule is CC(C)(C)C1CCC(CO)(CO)OC1. The topological polar surface area (TPSA) is 49.7 Å². The summed E-state index contributed by atoms with van der Waals surface area (Å²) >= 11 is 0. The molecule has 1 fully saturated rings. The van der Waals surface area contributed by atoms with Crippen molar-refractivity contribution in [2.75, 3.05) is 19.8 Å². The molecule has 0 spiro atoms. The summed E-state index contributed by atoms with van der Waals surface area (Å²) in [5.74, 6) is 0.522. The van der Waals surface area contributed by atoms with Crippen LogP contribution >= 0.6 is 0 Å². The number of hydrogen-bond donors (Lipinski definition) is 2. The second kappa shape index (κ2) is 4.17. The highest BCUT2D eigenvalue weighted by atomic mass is 16.5. The molecule has 0 aromatic carbocycles. The predicted octanol–water partition coefficient (Wildman–Crippen LogP) is 1.18. The molecule has 0 radical (unpaired) electrons. The van der Waals surface area contributed by atoms with E-state index in [0.29, 0.717) is 12.5 Å². The third-order valence-electron chi connectivity index (χ3n) is 3.34. The minimum absolute atomic E-state index is 0.0830. The van der Waals surface area contributed by atoms with Crippen LogP contribution in [0.3, 0.4) is 0 Å². The van der Waals surface area contributed by atoms with Crippen LogP contribution in [0.5, 0.6) is 0 Å². The molecule has 1 aliphatic heterocycles. The normalized spacial score (nSPS) is 27.6. The van der Waals surface area contributed by atoms with Gasteiger partial charge in [-0.25, -0.2) is 0 Å². The van der Waals surface area contributed by atoms with Gasteiger partial charge in [-0.3, -0.25) is 0 Å². The largest absolute Gasteiger partial charge is 0.393 e. The second-order valence-electron chi connectivity index (χ2n) is 5.41. The molecule has 14 heavy (non-hydrogen) atoms. The molecule has 1 saturated heterocycles. The standard InChI is InChI=1S/C11H22O3/c1-10(2,3)9-4-5-11(7-12,8-13)14-6-9/h9,12-13H,4-8H2,1-3H3. The van der Waals surface area contributed by atoms with Crippen LogP contribution in [0.25, 0.3) is 0 Å². The minimum atomic E-state index is -0.679. The first-order valence-electron chi connectivity index (χ1n) is 5.29. The van der Waals surface area contributed by atoms with Crippen molar-refractivity contribution in [2.45, 2.75) is 39.2 Å². The Bertz CT molecular complexity index is 169. The lowest BCUT2D eigenvalue weighted by atomic mass is 9.75. The first kappa shape index (κ1) is 12.0. The second-order valence-corrected chi connectivity index (χ2v) is 5.41. The lowest BCUT2D eigenvalue weighted by molar-refractivity contribution is -0.160. The van der Waals surface area contributed by atoms with Gasteiger partial charge in [0.2, 0.25) is 0 Å². The fourth-order valence-corrected chi connectivity index (χ4v) is 1.85. The van der Waals surface area contributed by atoms with Crippen LogP contribution in [0.1, 0.15) is 33.6 Å². The van der Waals surface area contributed by atoms with E-state index in [9.17, 15) is 0 Å². The Morgan fingerprint density at radius 2 is 1.86 bits per heavy atom. The zero-order chi connectivity index (χ0) is 10.8. The van der Waals surface area contributed by atoms with E-state index in [1.54, 1.807) is 0 Å². The van der Waals surface area contributed by atoms with E-state index in [2.05, 4.69) is 20.8 Å². The summed E-state index contributed by atoms with van der Waals surface area (Å²) in [6, 6.07) is 0. The van der Waals surface area contributed by atoms with Gasteiger partial charge in [-0.15, -0.1) is 0 Å². The third-order valence-corrected chi connectivity index (χ3v) is 3.34. The molecule has 0 aliphatic carbocycles. The van der Waals surface area contributed by atoms with Crippen LogP contribution in [-0.4, -0.2) is 35.6 Å². The molecule has 3 nitrogen and oxygen atoms in total. The van der Waals surface area contributed by atoms with Crippen LogP contribution in [0.15, 0.2) is 0 Å². The number of hydrogen-bond acceptors (Lipinski definition) is 3. The van der Waals surface area contributed by atoms with Gasteiger partial charge in [-0.05, 0) is 24.2 Å². The summed E-state index contributed by atoms with van der Waals surface area (Å²) in [4.78, 5) is 0. The zero-order valence-corrected chi connectivity index (χ0v) is 9.42. The van der Waals surface area contributed by atoms with Crippen molar-refractivity contribution in [3.63, 3.8) is 0 Å². The van der Waals surface area contributed by atoms with Crippen molar-refractivity contribution in [1.82, 2.24) is 0 Å². The monoisotopic (exact) mass is 202 g/mol. The molecule has 0 aromatic rings. The zero-order valence-electron chi connectivity index (χ0n) is 9.42. The van der Waals surface area contributed by atoms with E-state index in [0.717, 1.165) is 12.8 Å². The van der Waals surface area contributed by atoms with Crippen molar-refractivity contribution < 1.29 is 14.9 Å². The van der Waals surface area contributed by atoms with E-state index in [-0.39, 0.29) is 18.6 Å². The van der Waals surface area contributed by atoms with E-state index in [1.807, 2.05) is 0 Å². The van der Waals surface area contributed by atoms with E-state index in [1.165, 1.54) is 0 Å². The highest BCUT2D eigenvalue weighted by Crippen LogP contribution is 2.37. The van der Waals surface area contributed by atoms with Gasteiger partial charge in [0.1, 0.15) is 5.60 Å². The predicted molar refractivity (Wildman–Crippen MR) is 55.0 cm³/mol. The molecule has 2 N–H and O–H groups in total. The molecule has 1 heterocycles. The van der Waals surface area contributed by atoms with Crippen molar-refractivity contribution in [3.05, 3.63) is 0 Å². The van der Waals surface area contributed by atoms with Crippen LogP contribution < -0.4 is 0 Å². The van der Waals surface area contributed by atoms with Crippen molar-refractivity contribution >= 4 is 0 Å². The summed E-state index contributed by atoms with van der Waals surface area (Å²) in [5, 5.41) is 18.3. The van der Waals surface area contributed by atoms with Gasteiger partial charge in [0.05, 0.1) is 19.8 Å². The minimum Gasteiger partial charge on any atom is -0.393 e. The molecule has 3 heteroatoms. The van der Waals surface area contributed by atoms with Crippen LogP contribution in [0.4, 0.5) is 0 Å². The molecular weight excluding hydrogens is 180 g/mol. The summed E-state index contributed by atoms with van der Waals surface area (Å²) in [6.07, 6.45) is 1.77. The van der Waals surface area contributed by atoms with Gasteiger partial charge in [-0.2, -0.15) is 0 Å². The molecule has 1 aliphatic rings. The summed E-state index contributed by atoms with van der Waals surface area (Å²) in [7, 11) is 0. The lowest BCUT2D eigenvalue weighted by Gasteiger charge is -2.42. The summed E-state index contributed by atoms with van der Waals surface area (Å²) < 4.78 is 5.60. The van der Waals surface area contributed by atoms with E-state index >= 15 is 0 Å². The average Bonchev–Trinajstić information content (AvgIpc) is 2.16. The first-order valence-corrected chi connectivity index (χ1v) is 5.29. The fourth-order valence-electron chi connectivity index (χ4n) is 1.85. The number of aliphatic hydroxyl groups is 2. The Kier molecular flexibility index (Phi) is 3.56. The Balaban J connectivity index is 2.53. The molecule has 84 valence electrons. The smallest absolute Gasteiger partial charge is 0.114 e. The third kappa shape index (κ3) is 2.47. The van der Waals surface area contributed by atoms with Crippen molar-refractivity contribution in [2.24, 2.45) is 11.3 Å². The molecule has 0 bridgehead atoms. The quantitative estimate of drug-likeness (QED) is 0.707. The van der Waals surface area contributed by atoms with Crippen molar-refractivity contribution in [1.29, 1.82) is 0 Å². The van der Waals surface area contributed by atoms with E-state index < -0.39 is 5.60 Å². The Labute approximate surface area is 86.1 Å². The molecular formula is C11H22O3. The lowest BCUT2D eigenvalue weighted by Crippen LogP contribution is -2.47. The highest BCUT2D eigenvalue weighted by Gasteiger charge is 2.38. The molecule has 1 unspecified atom stereocenters. The van der Waals surface area contributed by atoms with Gasteiger partial charge >= 0.3 is 0 Å². The summed E-state index contributed by atoms with van der Waals surface area (Å²) in [6.45, 7) is 7.08. The molecule has 1 rings (SSSR count). The molecule has 0 amide bonds. The van der Waals surface area contributed by atoms with E-state index in [4.69, 9.17) is 14.9 Å². The highest BCUT2D eigenvalue weighted by molar-refractivity contribution is 4.88. The van der Waals surface area contributed by atoms with Gasteiger partial charge < -0.3 is 14.9 Å².